The average Bonchev–Trinajstić information content (AvgIpc) is 2.72. The summed E-state index contributed by atoms with van der Waals surface area (Å²) in [6, 6.07) is 1.64. The minimum absolute atomic E-state index is 0.0362. The molecule has 2 aromatic rings. The van der Waals surface area contributed by atoms with Crippen LogP contribution in [-0.4, -0.2) is 64.9 Å². The van der Waals surface area contributed by atoms with Gasteiger partial charge in [0.05, 0.1) is 28.2 Å². The first kappa shape index (κ1) is 23.7. The highest BCUT2D eigenvalue weighted by molar-refractivity contribution is 9.10. The topological polar surface area (TPSA) is 67.8 Å². The number of benzene rings is 1. The summed E-state index contributed by atoms with van der Waals surface area (Å²) in [5, 5.41) is 0.696. The second-order valence-electron chi connectivity index (χ2n) is 9.12. The third kappa shape index (κ3) is 4.76. The van der Waals surface area contributed by atoms with E-state index in [2.05, 4.69) is 25.9 Å². The zero-order valence-electron chi connectivity index (χ0n) is 18.1. The van der Waals surface area contributed by atoms with Gasteiger partial charge in [0.25, 0.3) is 0 Å². The van der Waals surface area contributed by atoms with Crippen LogP contribution in [0.4, 0.5) is 15.0 Å². The number of halogens is 4. The Labute approximate surface area is 204 Å². The van der Waals surface area contributed by atoms with Crippen molar-refractivity contribution in [3.8, 4) is 0 Å². The van der Waals surface area contributed by atoms with Gasteiger partial charge < -0.3 is 19.3 Å². The molecule has 0 N–H and O–H groups in total. The maximum Gasteiger partial charge on any atom is 0.410 e. The van der Waals surface area contributed by atoms with E-state index in [0.717, 1.165) is 0 Å². The van der Waals surface area contributed by atoms with Crippen molar-refractivity contribution in [3.05, 3.63) is 26.7 Å². The van der Waals surface area contributed by atoms with Crippen molar-refractivity contribution < 1.29 is 18.7 Å². The molecule has 2 saturated heterocycles. The van der Waals surface area contributed by atoms with E-state index >= 15 is 0 Å². The van der Waals surface area contributed by atoms with Crippen LogP contribution in [-0.2, 0) is 9.47 Å². The van der Waals surface area contributed by atoms with Crippen LogP contribution in [0.3, 0.4) is 0 Å². The van der Waals surface area contributed by atoms with Crippen molar-refractivity contribution in [1.82, 2.24) is 14.9 Å². The number of rotatable bonds is 1. The second-order valence-corrected chi connectivity index (χ2v) is 10.7. The van der Waals surface area contributed by atoms with Gasteiger partial charge in [-0.1, -0.05) is 11.6 Å². The van der Waals surface area contributed by atoms with Gasteiger partial charge in [-0.05, 0) is 67.2 Å². The van der Waals surface area contributed by atoms with Crippen LogP contribution in [0, 0.1) is 5.82 Å². The molecular weight excluding hydrogens is 526 g/mol. The van der Waals surface area contributed by atoms with Crippen molar-refractivity contribution in [1.29, 1.82) is 0 Å². The number of hydrogen-bond donors (Lipinski definition) is 0. The summed E-state index contributed by atoms with van der Waals surface area (Å²) < 4.78 is 26.6. The molecule has 2 fully saturated rings. The number of aromatic nitrogens is 2. The fraction of sp³-hybridized carbons (Fsp3) is 0.571. The van der Waals surface area contributed by atoms with Crippen LogP contribution in [0.5, 0.6) is 0 Å². The Balaban J connectivity index is 1.54. The molecule has 2 aliphatic rings. The van der Waals surface area contributed by atoms with Gasteiger partial charge in [-0.25, -0.2) is 14.2 Å². The number of morpholine rings is 1. The average molecular weight is 550 g/mol. The molecule has 174 valence electrons. The Hall–Kier alpha value is -1.42. The molecule has 0 radical (unpaired) electrons. The molecular formula is C21H24BrCl2FN4O3. The summed E-state index contributed by atoms with van der Waals surface area (Å²) in [4.78, 5) is 24.7. The van der Waals surface area contributed by atoms with Crippen molar-refractivity contribution in [3.63, 3.8) is 0 Å². The fourth-order valence-corrected chi connectivity index (χ4v) is 4.79. The molecule has 0 atom stereocenters. The maximum atomic E-state index is 14.7. The van der Waals surface area contributed by atoms with E-state index in [0.29, 0.717) is 56.8 Å². The first-order valence-electron chi connectivity index (χ1n) is 10.4. The Kier molecular flexibility index (Phi) is 6.48. The highest BCUT2D eigenvalue weighted by Gasteiger charge is 2.42. The minimum atomic E-state index is -0.574. The van der Waals surface area contributed by atoms with Crippen LogP contribution < -0.4 is 4.90 Å². The highest BCUT2D eigenvalue weighted by Crippen LogP contribution is 2.38. The number of nitrogens with zero attached hydrogens (tertiary/aromatic N) is 4. The Bertz CT molecular complexity index is 1060. The lowest BCUT2D eigenvalue weighted by Gasteiger charge is -2.47. The molecule has 1 spiro atoms. The summed E-state index contributed by atoms with van der Waals surface area (Å²) >= 11 is 15.4. The van der Waals surface area contributed by atoms with Gasteiger partial charge in [0.1, 0.15) is 16.9 Å². The monoisotopic (exact) mass is 548 g/mol. The molecule has 32 heavy (non-hydrogen) atoms. The second kappa shape index (κ2) is 8.74. The van der Waals surface area contributed by atoms with Gasteiger partial charge in [0.15, 0.2) is 5.82 Å². The third-order valence-electron chi connectivity index (χ3n) is 5.65. The molecule has 7 nitrogen and oxygen atoms in total. The standard InChI is InChI=1S/C21H24BrCl2FN4O3/c1-20(2,3)32-19(30)29-8-9-31-21(11-29)4-6-28(7-5-21)17-12-10-13(23)14(22)15(25)16(12)26-18(24)27-17/h10H,4-9,11H2,1-3H3. The predicted octanol–water partition coefficient (Wildman–Crippen LogP) is 5.44. The van der Waals surface area contributed by atoms with E-state index in [4.69, 9.17) is 32.7 Å². The molecule has 4 rings (SSSR count). The van der Waals surface area contributed by atoms with Gasteiger partial charge in [0.2, 0.25) is 5.28 Å². The third-order valence-corrected chi connectivity index (χ3v) is 7.12. The number of anilines is 1. The summed E-state index contributed by atoms with van der Waals surface area (Å²) in [7, 11) is 0. The van der Waals surface area contributed by atoms with Crippen LogP contribution in [0.25, 0.3) is 10.9 Å². The SMILES string of the molecule is CC(C)(C)OC(=O)N1CCOC2(CCN(c3nc(Cl)nc4c(F)c(Br)c(Cl)cc34)CC2)C1. The molecule has 0 bridgehead atoms. The van der Waals surface area contributed by atoms with Crippen molar-refractivity contribution in [2.24, 2.45) is 0 Å². The largest absolute Gasteiger partial charge is 0.444 e. The Morgan fingerprint density at radius 3 is 2.59 bits per heavy atom. The quantitative estimate of drug-likeness (QED) is 0.348. The lowest BCUT2D eigenvalue weighted by atomic mass is 9.89. The van der Waals surface area contributed by atoms with Crippen LogP contribution in [0.15, 0.2) is 10.5 Å². The lowest BCUT2D eigenvalue weighted by Crippen LogP contribution is -2.58. The van der Waals surface area contributed by atoms with Crippen molar-refractivity contribution in [2.45, 2.75) is 44.8 Å². The summed E-state index contributed by atoms with van der Waals surface area (Å²) in [6.07, 6.45) is 1.01. The normalized spacial score (nSPS) is 19.0. The lowest BCUT2D eigenvalue weighted by molar-refractivity contribution is -0.119. The predicted molar refractivity (Wildman–Crippen MR) is 125 cm³/mol. The number of hydrogen-bond acceptors (Lipinski definition) is 6. The van der Waals surface area contributed by atoms with E-state index in [1.165, 1.54) is 0 Å². The van der Waals surface area contributed by atoms with E-state index in [1.54, 1.807) is 11.0 Å². The number of amides is 1. The van der Waals surface area contributed by atoms with Crippen LogP contribution in [0.2, 0.25) is 10.3 Å². The molecule has 0 unspecified atom stereocenters. The molecule has 0 aliphatic carbocycles. The van der Waals surface area contributed by atoms with Crippen LogP contribution in [0.1, 0.15) is 33.6 Å². The number of carbonyl (C=O) groups is 1. The molecule has 1 amide bonds. The number of ether oxygens (including phenoxy) is 2. The molecule has 0 saturated carbocycles. The molecule has 1 aromatic heterocycles. The molecule has 3 heterocycles. The highest BCUT2D eigenvalue weighted by atomic mass is 79.9. The summed E-state index contributed by atoms with van der Waals surface area (Å²) in [5.74, 6) is -0.0434. The summed E-state index contributed by atoms with van der Waals surface area (Å²) in [5.41, 5.74) is -0.892. The molecule has 11 heteroatoms. The first-order chi connectivity index (χ1) is 15.0. The number of fused-ring (bicyclic) bond motifs is 1. The van der Waals surface area contributed by atoms with Crippen molar-refractivity contribution in [2.75, 3.05) is 37.7 Å². The zero-order chi connectivity index (χ0) is 23.3. The van der Waals surface area contributed by atoms with E-state index < -0.39 is 17.0 Å². The van der Waals surface area contributed by atoms with Crippen molar-refractivity contribution >= 4 is 61.9 Å². The fourth-order valence-electron chi connectivity index (χ4n) is 4.13. The first-order valence-corrected chi connectivity index (χ1v) is 11.9. The number of piperidine rings is 1. The van der Waals surface area contributed by atoms with Gasteiger partial charge in [-0.15, -0.1) is 0 Å². The minimum Gasteiger partial charge on any atom is -0.444 e. The van der Waals surface area contributed by atoms with Gasteiger partial charge in [-0.2, -0.15) is 4.98 Å². The zero-order valence-corrected chi connectivity index (χ0v) is 21.2. The molecule has 2 aliphatic heterocycles. The van der Waals surface area contributed by atoms with Gasteiger partial charge >= 0.3 is 6.09 Å². The Morgan fingerprint density at radius 1 is 1.25 bits per heavy atom. The number of carbonyl (C=O) groups excluding carboxylic acids is 1. The Morgan fingerprint density at radius 2 is 1.94 bits per heavy atom. The van der Waals surface area contributed by atoms with E-state index in [1.807, 2.05) is 25.7 Å². The molecule has 1 aromatic carbocycles. The smallest absolute Gasteiger partial charge is 0.410 e. The summed E-state index contributed by atoms with van der Waals surface area (Å²) in [6.45, 7) is 8.17. The van der Waals surface area contributed by atoms with Crippen LogP contribution >= 0.6 is 39.1 Å². The van der Waals surface area contributed by atoms with E-state index in [9.17, 15) is 9.18 Å². The van der Waals surface area contributed by atoms with E-state index in [-0.39, 0.29) is 26.4 Å². The van der Waals surface area contributed by atoms with Gasteiger partial charge in [-0.3, -0.25) is 0 Å². The maximum absolute atomic E-state index is 14.7. The van der Waals surface area contributed by atoms with Gasteiger partial charge in [0, 0.05) is 25.0 Å².